The van der Waals surface area contributed by atoms with E-state index in [9.17, 15) is 0 Å². The number of rotatable bonds is 10. The summed E-state index contributed by atoms with van der Waals surface area (Å²) in [6.07, 6.45) is 11.6. The molecule has 0 spiro atoms. The largest absolute Gasteiger partial charge is 0.391 e. The second-order valence-corrected chi connectivity index (χ2v) is 11.6. The van der Waals surface area contributed by atoms with Crippen LogP contribution in [0, 0.1) is 0 Å². The third-order valence-corrected chi connectivity index (χ3v) is 8.85. The molecule has 0 aliphatic carbocycles. The Morgan fingerprint density at radius 2 is 1.50 bits per heavy atom. The lowest BCUT2D eigenvalue weighted by Gasteiger charge is -2.22. The summed E-state index contributed by atoms with van der Waals surface area (Å²) in [6.45, 7) is 7.98. The maximum atomic E-state index is 4.81. The Labute approximate surface area is 247 Å². The second-order valence-electron chi connectivity index (χ2n) is 11.6. The molecule has 2 saturated heterocycles. The molecule has 2 atom stereocenters. The quantitative estimate of drug-likeness (QED) is 0.139. The van der Waals surface area contributed by atoms with E-state index in [-0.39, 0.29) is 0 Å². The first-order chi connectivity index (χ1) is 20.7. The molecule has 7 rings (SSSR count). The maximum Gasteiger partial charge on any atom is 0.123 e. The number of imidazole rings is 2. The first-order valence-electron chi connectivity index (χ1n) is 15.3. The van der Waals surface area contributed by atoms with Gasteiger partial charge in [-0.25, -0.2) is 9.97 Å². The van der Waals surface area contributed by atoms with Gasteiger partial charge >= 0.3 is 0 Å². The van der Waals surface area contributed by atoms with Crippen LogP contribution in [0.15, 0.2) is 85.8 Å². The maximum absolute atomic E-state index is 4.81. The number of aromatic amines is 2. The average Bonchev–Trinajstić information content (AvgIpc) is 3.86. The Morgan fingerprint density at radius 1 is 0.810 bits per heavy atom. The van der Waals surface area contributed by atoms with Gasteiger partial charge in [-0.3, -0.25) is 4.90 Å². The topological polar surface area (TPSA) is 84.7 Å². The number of aromatic nitrogens is 4. The van der Waals surface area contributed by atoms with Crippen LogP contribution in [-0.4, -0.2) is 51.0 Å². The van der Waals surface area contributed by atoms with Crippen LogP contribution in [0.1, 0.15) is 55.8 Å². The molecule has 2 fully saturated rings. The minimum atomic E-state index is 0.351. The Morgan fingerprint density at radius 3 is 2.29 bits per heavy atom. The van der Waals surface area contributed by atoms with Crippen LogP contribution in [0.5, 0.6) is 0 Å². The van der Waals surface area contributed by atoms with Crippen molar-refractivity contribution in [1.82, 2.24) is 35.5 Å². The molecular formula is C35H39N7. The molecule has 3 aromatic carbocycles. The molecule has 0 saturated carbocycles. The van der Waals surface area contributed by atoms with Crippen LogP contribution >= 0.6 is 0 Å². The molecule has 0 amide bonds. The first-order valence-corrected chi connectivity index (χ1v) is 15.3. The summed E-state index contributed by atoms with van der Waals surface area (Å²) in [5.41, 5.74) is 6.91. The van der Waals surface area contributed by atoms with Gasteiger partial charge in [0.15, 0.2) is 0 Å². The van der Waals surface area contributed by atoms with E-state index >= 15 is 0 Å². The molecule has 2 aliphatic heterocycles. The van der Waals surface area contributed by atoms with Gasteiger partial charge in [0.1, 0.15) is 11.6 Å². The lowest BCUT2D eigenvalue weighted by Crippen LogP contribution is -2.27. The average molecular weight is 558 g/mol. The Hall–Kier alpha value is -4.20. The summed E-state index contributed by atoms with van der Waals surface area (Å²) in [4.78, 5) is 19.2. The summed E-state index contributed by atoms with van der Waals surface area (Å²) < 4.78 is 0. The zero-order valence-corrected chi connectivity index (χ0v) is 24.1. The van der Waals surface area contributed by atoms with E-state index in [1.165, 1.54) is 40.3 Å². The van der Waals surface area contributed by atoms with Crippen LogP contribution in [0.4, 0.5) is 0 Å². The highest BCUT2D eigenvalue weighted by Crippen LogP contribution is 2.33. The number of benzene rings is 3. The van der Waals surface area contributed by atoms with Gasteiger partial charge in [-0.05, 0) is 91.0 Å². The summed E-state index contributed by atoms with van der Waals surface area (Å²) >= 11 is 0. The molecule has 4 N–H and O–H groups in total. The number of H-pyrrole nitrogens is 2. The number of hydrogen-bond donors (Lipinski definition) is 4. The second kappa shape index (κ2) is 12.0. The molecule has 4 heterocycles. The smallest absolute Gasteiger partial charge is 0.123 e. The molecular weight excluding hydrogens is 518 g/mol. The van der Waals surface area contributed by atoms with Gasteiger partial charge in [-0.2, -0.15) is 0 Å². The van der Waals surface area contributed by atoms with Gasteiger partial charge in [0, 0.05) is 18.7 Å². The van der Waals surface area contributed by atoms with E-state index in [0.717, 1.165) is 74.0 Å². The zero-order chi connectivity index (χ0) is 28.3. The molecule has 214 valence electrons. The van der Waals surface area contributed by atoms with E-state index in [1.54, 1.807) is 6.20 Å². The van der Waals surface area contributed by atoms with Crippen molar-refractivity contribution >= 4 is 10.8 Å². The van der Waals surface area contributed by atoms with Crippen molar-refractivity contribution in [3.8, 4) is 33.6 Å². The third kappa shape index (κ3) is 5.50. The Bertz CT molecular complexity index is 1660. The molecule has 7 heteroatoms. The lowest BCUT2D eigenvalue weighted by molar-refractivity contribution is 0.246. The summed E-state index contributed by atoms with van der Waals surface area (Å²) in [5, 5.41) is 9.18. The van der Waals surface area contributed by atoms with Crippen LogP contribution < -0.4 is 10.6 Å². The Balaban J connectivity index is 1.05. The van der Waals surface area contributed by atoms with Crippen LogP contribution in [0.2, 0.25) is 0 Å². The summed E-state index contributed by atoms with van der Waals surface area (Å²) in [5.74, 6) is 2.12. The van der Waals surface area contributed by atoms with Crippen molar-refractivity contribution in [2.75, 3.05) is 26.2 Å². The highest BCUT2D eigenvalue weighted by Gasteiger charge is 2.28. The van der Waals surface area contributed by atoms with Gasteiger partial charge < -0.3 is 20.6 Å². The summed E-state index contributed by atoms with van der Waals surface area (Å²) in [6, 6.07) is 22.9. The number of nitrogens with one attached hydrogen (secondary N) is 4. The van der Waals surface area contributed by atoms with Crippen molar-refractivity contribution < 1.29 is 0 Å². The number of nitrogens with zero attached hydrogens (tertiary/aromatic N) is 3. The zero-order valence-electron chi connectivity index (χ0n) is 24.1. The van der Waals surface area contributed by atoms with Crippen molar-refractivity contribution in [2.24, 2.45) is 0 Å². The fraction of sp³-hybridized carbons (Fsp3) is 0.314. The van der Waals surface area contributed by atoms with Gasteiger partial charge in [0.2, 0.25) is 0 Å². The van der Waals surface area contributed by atoms with Crippen LogP contribution in [0.3, 0.4) is 0 Å². The highest BCUT2D eigenvalue weighted by atomic mass is 15.2. The minimum absolute atomic E-state index is 0.351. The molecule has 2 aromatic heterocycles. The van der Waals surface area contributed by atoms with Crippen molar-refractivity contribution in [2.45, 2.75) is 44.2 Å². The first kappa shape index (κ1) is 26.7. The number of hydrogen-bond acceptors (Lipinski definition) is 5. The van der Waals surface area contributed by atoms with Gasteiger partial charge in [0.05, 0.1) is 35.9 Å². The normalized spacial score (nSPS) is 19.0. The van der Waals surface area contributed by atoms with Gasteiger partial charge in [0.25, 0.3) is 0 Å². The SMILES string of the molecule is C=CNCCCN1CCCC1c1ncc(-c2ccc3cc(-c4ccc(-c5cnc(C6CCCN6)[nH]5)cc4)ccc3c2)[nH]1. The van der Waals surface area contributed by atoms with E-state index in [2.05, 4.69) is 97.7 Å². The standard InChI is InChI=1S/C35H39N7/c1-2-36-16-5-19-42-18-4-7-33(42)35-39-23-32(41-35)29-15-14-27-20-26(12-13-28(27)21-29)24-8-10-25(11-9-24)31-22-38-34(40-31)30-6-3-17-37-30/h2,8-15,20-23,30,33,36-37H,1,3-7,16-19H2,(H,38,40)(H,39,41). The molecule has 42 heavy (non-hydrogen) atoms. The molecule has 0 bridgehead atoms. The number of likely N-dealkylation sites (tertiary alicyclic amines) is 1. The van der Waals surface area contributed by atoms with Crippen LogP contribution in [-0.2, 0) is 0 Å². The summed E-state index contributed by atoms with van der Waals surface area (Å²) in [7, 11) is 0. The molecule has 7 nitrogen and oxygen atoms in total. The van der Waals surface area contributed by atoms with Crippen LogP contribution in [0.25, 0.3) is 44.4 Å². The number of fused-ring (bicyclic) bond motifs is 1. The fourth-order valence-electron chi connectivity index (χ4n) is 6.56. The Kier molecular flexibility index (Phi) is 7.60. The van der Waals surface area contributed by atoms with Crippen molar-refractivity contribution in [1.29, 1.82) is 0 Å². The predicted octanol–water partition coefficient (Wildman–Crippen LogP) is 6.97. The van der Waals surface area contributed by atoms with E-state index in [1.807, 2.05) is 12.4 Å². The van der Waals surface area contributed by atoms with E-state index in [0.29, 0.717) is 12.1 Å². The lowest BCUT2D eigenvalue weighted by atomic mass is 9.98. The molecule has 2 aliphatic rings. The van der Waals surface area contributed by atoms with Crippen molar-refractivity contribution in [3.63, 3.8) is 0 Å². The molecule has 0 radical (unpaired) electrons. The van der Waals surface area contributed by atoms with Gasteiger partial charge in [-0.1, -0.05) is 55.1 Å². The highest BCUT2D eigenvalue weighted by molar-refractivity contribution is 5.90. The molecule has 2 unspecified atom stereocenters. The van der Waals surface area contributed by atoms with E-state index < -0.39 is 0 Å². The van der Waals surface area contributed by atoms with Crippen molar-refractivity contribution in [3.05, 3.63) is 97.5 Å². The van der Waals surface area contributed by atoms with E-state index in [4.69, 9.17) is 4.98 Å². The molecule has 5 aromatic rings. The minimum Gasteiger partial charge on any atom is -0.391 e. The third-order valence-electron chi connectivity index (χ3n) is 8.85. The van der Waals surface area contributed by atoms with Gasteiger partial charge in [-0.15, -0.1) is 0 Å². The monoisotopic (exact) mass is 557 g/mol. The predicted molar refractivity (Wildman–Crippen MR) is 171 cm³/mol. The fourth-order valence-corrected chi connectivity index (χ4v) is 6.56.